The maximum atomic E-state index is 13.3. The van der Waals surface area contributed by atoms with Gasteiger partial charge in [0.1, 0.15) is 0 Å². The maximum Gasteiger partial charge on any atom is 0.258 e. The molecule has 4 rings (SSSR count). The largest absolute Gasteiger partial charge is 0.322 e. The fourth-order valence-corrected chi connectivity index (χ4v) is 3.23. The van der Waals surface area contributed by atoms with E-state index in [1.165, 1.54) is 0 Å². The van der Waals surface area contributed by atoms with E-state index in [9.17, 15) is 9.59 Å². The van der Waals surface area contributed by atoms with E-state index in [-0.39, 0.29) is 18.0 Å². The number of rotatable bonds is 4. The Morgan fingerprint density at radius 3 is 2.46 bits per heavy atom. The molecule has 28 heavy (non-hydrogen) atoms. The molecule has 5 nitrogen and oxygen atoms in total. The van der Waals surface area contributed by atoms with E-state index in [1.54, 1.807) is 35.5 Å². The molecule has 1 amide bonds. The Labute approximate surface area is 162 Å². The lowest BCUT2D eigenvalue weighted by molar-refractivity contribution is 0.0985. The van der Waals surface area contributed by atoms with Gasteiger partial charge in [-0.1, -0.05) is 35.9 Å². The van der Waals surface area contributed by atoms with Gasteiger partial charge in [0.05, 0.1) is 6.54 Å². The molecule has 5 heteroatoms. The number of para-hydroxylation sites is 1. The van der Waals surface area contributed by atoms with E-state index in [0.29, 0.717) is 5.56 Å². The predicted octanol–water partition coefficient (Wildman–Crippen LogP) is 4.08. The van der Waals surface area contributed by atoms with Gasteiger partial charge in [-0.15, -0.1) is 0 Å². The fraction of sp³-hybridized carbons (Fsp3) is 0.0870. The first-order chi connectivity index (χ1) is 13.6. The second-order valence-corrected chi connectivity index (χ2v) is 6.67. The number of aromatic amines is 1. The van der Waals surface area contributed by atoms with Crippen molar-refractivity contribution in [2.75, 3.05) is 4.90 Å². The summed E-state index contributed by atoms with van der Waals surface area (Å²) in [4.78, 5) is 33.9. The molecule has 2 aromatic heterocycles. The van der Waals surface area contributed by atoms with Crippen molar-refractivity contribution in [1.82, 2.24) is 9.97 Å². The highest BCUT2D eigenvalue weighted by atomic mass is 16.2. The normalized spacial score (nSPS) is 10.8. The van der Waals surface area contributed by atoms with E-state index >= 15 is 0 Å². The minimum Gasteiger partial charge on any atom is -0.322 e. The highest BCUT2D eigenvalue weighted by molar-refractivity contribution is 6.06. The van der Waals surface area contributed by atoms with Crippen LogP contribution in [0.2, 0.25) is 0 Å². The van der Waals surface area contributed by atoms with E-state index in [1.807, 2.05) is 55.5 Å². The van der Waals surface area contributed by atoms with Crippen LogP contribution in [-0.4, -0.2) is 15.9 Å². The summed E-state index contributed by atoms with van der Waals surface area (Å²) in [6.45, 7) is 2.29. The molecule has 0 saturated heterocycles. The average Bonchev–Trinajstić information content (AvgIpc) is 2.72. The molecule has 4 aromatic rings. The van der Waals surface area contributed by atoms with Gasteiger partial charge in [-0.05, 0) is 42.8 Å². The lowest BCUT2D eigenvalue weighted by Crippen LogP contribution is -2.31. The quantitative estimate of drug-likeness (QED) is 0.589. The minimum atomic E-state index is -0.186. The monoisotopic (exact) mass is 369 g/mol. The fourth-order valence-electron chi connectivity index (χ4n) is 3.23. The summed E-state index contributed by atoms with van der Waals surface area (Å²) < 4.78 is 0. The first-order valence-electron chi connectivity index (χ1n) is 9.01. The molecule has 0 aliphatic heterocycles. The number of hydrogen-bond donors (Lipinski definition) is 1. The number of carbonyl (C=O) groups excluding carboxylic acids is 1. The van der Waals surface area contributed by atoms with Crippen LogP contribution in [0.15, 0.2) is 83.9 Å². The number of hydrogen-bond acceptors (Lipinski definition) is 3. The van der Waals surface area contributed by atoms with Crippen LogP contribution in [0.5, 0.6) is 0 Å². The number of amides is 1. The van der Waals surface area contributed by atoms with Crippen molar-refractivity contribution in [1.29, 1.82) is 0 Å². The lowest BCUT2D eigenvalue weighted by Gasteiger charge is -2.24. The summed E-state index contributed by atoms with van der Waals surface area (Å²) in [5, 5.41) is 0.918. The Morgan fingerprint density at radius 2 is 1.71 bits per heavy atom. The van der Waals surface area contributed by atoms with E-state index in [4.69, 9.17) is 0 Å². The molecular formula is C23H19N3O2. The summed E-state index contributed by atoms with van der Waals surface area (Å²) in [5.74, 6) is -0.143. The van der Waals surface area contributed by atoms with Crippen molar-refractivity contribution < 1.29 is 4.79 Å². The Kier molecular flexibility index (Phi) is 4.72. The van der Waals surface area contributed by atoms with Gasteiger partial charge in [0.2, 0.25) is 5.56 Å². The van der Waals surface area contributed by atoms with Gasteiger partial charge >= 0.3 is 0 Å². The van der Waals surface area contributed by atoms with Gasteiger partial charge in [0, 0.05) is 40.6 Å². The van der Waals surface area contributed by atoms with E-state index in [2.05, 4.69) is 9.97 Å². The van der Waals surface area contributed by atoms with Gasteiger partial charge in [-0.2, -0.15) is 0 Å². The lowest BCUT2D eigenvalue weighted by atomic mass is 10.1. The Morgan fingerprint density at radius 1 is 1.00 bits per heavy atom. The number of aromatic nitrogens is 2. The summed E-state index contributed by atoms with van der Waals surface area (Å²) in [5.41, 5.74) is 3.80. The minimum absolute atomic E-state index is 0.143. The van der Waals surface area contributed by atoms with Crippen molar-refractivity contribution in [2.45, 2.75) is 13.5 Å². The zero-order valence-corrected chi connectivity index (χ0v) is 15.4. The number of nitrogens with zero attached hydrogens (tertiary/aromatic N) is 2. The third-order valence-electron chi connectivity index (χ3n) is 4.68. The summed E-state index contributed by atoms with van der Waals surface area (Å²) in [6, 6.07) is 20.3. The van der Waals surface area contributed by atoms with Gasteiger partial charge < -0.3 is 9.88 Å². The van der Waals surface area contributed by atoms with Gasteiger partial charge in [-0.3, -0.25) is 14.6 Å². The Balaban J connectivity index is 1.82. The van der Waals surface area contributed by atoms with Gasteiger partial charge in [0.15, 0.2) is 0 Å². The molecule has 2 heterocycles. The van der Waals surface area contributed by atoms with Crippen molar-refractivity contribution in [3.63, 3.8) is 0 Å². The van der Waals surface area contributed by atoms with Gasteiger partial charge in [-0.25, -0.2) is 0 Å². The van der Waals surface area contributed by atoms with Crippen molar-refractivity contribution in [3.05, 3.63) is 106 Å². The van der Waals surface area contributed by atoms with Crippen LogP contribution in [0, 0.1) is 6.92 Å². The van der Waals surface area contributed by atoms with Crippen molar-refractivity contribution in [3.8, 4) is 0 Å². The Hall–Kier alpha value is -3.73. The highest BCUT2D eigenvalue weighted by Crippen LogP contribution is 2.23. The number of pyridine rings is 2. The number of H-pyrrole nitrogens is 1. The molecule has 0 spiro atoms. The van der Waals surface area contributed by atoms with E-state index < -0.39 is 0 Å². The highest BCUT2D eigenvalue weighted by Gasteiger charge is 2.19. The number of nitrogens with one attached hydrogen (secondary N) is 1. The first kappa shape index (κ1) is 17.7. The SMILES string of the molecule is Cc1ccc(N(Cc2cc(=O)[nH]c3ccccc23)C(=O)c2ccncc2)cc1. The third kappa shape index (κ3) is 3.55. The third-order valence-corrected chi connectivity index (χ3v) is 4.68. The topological polar surface area (TPSA) is 66.1 Å². The second kappa shape index (κ2) is 7.48. The number of fused-ring (bicyclic) bond motifs is 1. The smallest absolute Gasteiger partial charge is 0.258 e. The molecule has 0 bridgehead atoms. The standard InChI is InChI=1S/C23H19N3O2/c1-16-6-8-19(9-7-16)26(23(28)17-10-12-24-13-11-17)15-18-14-22(27)25-21-5-3-2-4-20(18)21/h2-14H,15H2,1H3,(H,25,27). The van der Waals surface area contributed by atoms with Crippen LogP contribution in [0.25, 0.3) is 10.9 Å². The molecule has 0 fully saturated rings. The predicted molar refractivity (Wildman–Crippen MR) is 110 cm³/mol. The number of aryl methyl sites for hydroxylation is 1. The second-order valence-electron chi connectivity index (χ2n) is 6.67. The molecule has 1 N–H and O–H groups in total. The average molecular weight is 369 g/mol. The molecule has 0 aliphatic carbocycles. The van der Waals surface area contributed by atoms with Crippen LogP contribution in [0.4, 0.5) is 5.69 Å². The molecule has 0 atom stereocenters. The van der Waals surface area contributed by atoms with Crippen LogP contribution in [0.3, 0.4) is 0 Å². The van der Waals surface area contributed by atoms with Crippen LogP contribution < -0.4 is 10.5 Å². The molecule has 2 aromatic carbocycles. The molecule has 0 unspecified atom stereocenters. The van der Waals surface area contributed by atoms with Crippen LogP contribution >= 0.6 is 0 Å². The molecule has 138 valence electrons. The van der Waals surface area contributed by atoms with Crippen molar-refractivity contribution in [2.24, 2.45) is 0 Å². The van der Waals surface area contributed by atoms with Crippen LogP contribution in [0.1, 0.15) is 21.5 Å². The van der Waals surface area contributed by atoms with Crippen LogP contribution in [-0.2, 0) is 6.54 Å². The summed E-state index contributed by atoms with van der Waals surface area (Å²) in [7, 11) is 0. The summed E-state index contributed by atoms with van der Waals surface area (Å²) in [6.07, 6.45) is 3.20. The molecule has 0 aliphatic rings. The number of anilines is 1. The summed E-state index contributed by atoms with van der Waals surface area (Å²) >= 11 is 0. The number of benzene rings is 2. The van der Waals surface area contributed by atoms with E-state index in [0.717, 1.165) is 27.7 Å². The number of carbonyl (C=O) groups is 1. The molecule has 0 radical (unpaired) electrons. The zero-order valence-electron chi connectivity index (χ0n) is 15.4. The van der Waals surface area contributed by atoms with Gasteiger partial charge in [0.25, 0.3) is 5.91 Å². The molecular weight excluding hydrogens is 350 g/mol. The maximum absolute atomic E-state index is 13.3. The Bertz CT molecular complexity index is 1180. The zero-order chi connectivity index (χ0) is 19.5. The molecule has 0 saturated carbocycles. The first-order valence-corrected chi connectivity index (χ1v) is 9.01. The van der Waals surface area contributed by atoms with Crippen molar-refractivity contribution >= 4 is 22.5 Å².